The number of hydrogen-bond donors (Lipinski definition) is 2. The Hall–Kier alpha value is -2.21. The molecule has 0 saturated heterocycles. The number of nitrogens with one attached hydrogen (secondary N) is 1. The summed E-state index contributed by atoms with van der Waals surface area (Å²) in [5, 5.41) is 0. The van der Waals surface area contributed by atoms with E-state index in [1.54, 1.807) is 24.3 Å². The first-order valence-corrected chi connectivity index (χ1v) is 6.32. The highest BCUT2D eigenvalue weighted by Gasteiger charge is 2.09. The van der Waals surface area contributed by atoms with Gasteiger partial charge in [0.2, 0.25) is 5.88 Å². The third-order valence-corrected chi connectivity index (χ3v) is 2.72. The Balaban J connectivity index is 2.17. The Morgan fingerprint density at radius 3 is 2.70 bits per heavy atom. The van der Waals surface area contributed by atoms with Gasteiger partial charge in [-0.3, -0.25) is 0 Å². The summed E-state index contributed by atoms with van der Waals surface area (Å²) in [7, 11) is 0. The average molecular weight is 276 g/mol. The van der Waals surface area contributed by atoms with Gasteiger partial charge in [-0.2, -0.15) is 4.98 Å². The van der Waals surface area contributed by atoms with Crippen molar-refractivity contribution in [1.82, 2.24) is 9.97 Å². The second kappa shape index (κ2) is 6.29. The monoisotopic (exact) mass is 276 g/mol. The zero-order valence-corrected chi connectivity index (χ0v) is 11.4. The zero-order chi connectivity index (χ0) is 14.5. The number of hydrogen-bond acceptors (Lipinski definition) is 5. The molecule has 0 bridgehead atoms. The minimum atomic E-state index is -0.303. The maximum atomic E-state index is 13.5. The lowest BCUT2D eigenvalue weighted by Gasteiger charge is -2.11. The molecule has 0 saturated carbocycles. The van der Waals surface area contributed by atoms with E-state index in [1.165, 1.54) is 6.07 Å². The average Bonchev–Trinajstić information content (AvgIpc) is 2.46. The van der Waals surface area contributed by atoms with E-state index in [2.05, 4.69) is 15.4 Å². The van der Waals surface area contributed by atoms with Crippen LogP contribution < -0.4 is 16.0 Å². The van der Waals surface area contributed by atoms with Gasteiger partial charge in [-0.1, -0.05) is 32.0 Å². The van der Waals surface area contributed by atoms with Crippen LogP contribution >= 0.6 is 0 Å². The molecule has 0 aliphatic carbocycles. The normalized spacial score (nSPS) is 10.7. The molecule has 1 heterocycles. The van der Waals surface area contributed by atoms with E-state index in [0.717, 1.165) is 0 Å². The number of nitrogens with two attached hydrogens (primary N) is 1. The summed E-state index contributed by atoms with van der Waals surface area (Å²) in [6, 6.07) is 8.03. The molecule has 2 rings (SSSR count). The third kappa shape index (κ3) is 3.42. The third-order valence-electron chi connectivity index (χ3n) is 2.72. The topological polar surface area (TPSA) is 73.1 Å². The maximum absolute atomic E-state index is 13.5. The van der Waals surface area contributed by atoms with E-state index >= 15 is 0 Å². The van der Waals surface area contributed by atoms with E-state index < -0.39 is 0 Å². The van der Waals surface area contributed by atoms with Crippen molar-refractivity contribution < 1.29 is 9.13 Å². The lowest BCUT2D eigenvalue weighted by atomic mass is 10.2. The Labute approximate surface area is 117 Å². The quantitative estimate of drug-likeness (QED) is 0.648. The molecule has 1 aromatic carbocycles. The molecule has 5 nitrogen and oxygen atoms in total. The van der Waals surface area contributed by atoms with Crippen molar-refractivity contribution in [2.75, 3.05) is 5.43 Å². The Morgan fingerprint density at radius 2 is 2.05 bits per heavy atom. The number of halogens is 1. The highest BCUT2D eigenvalue weighted by molar-refractivity contribution is 5.37. The standard InChI is InChI=1S/C14H17FN4O/c1-9(2)14-17-12(19-16)7-13(18-14)20-8-10-5-3-4-6-11(10)15/h3-7,9H,8,16H2,1-2H3,(H,17,18,19). The molecule has 1 aromatic heterocycles. The molecule has 0 amide bonds. The molecular formula is C14H17FN4O. The van der Waals surface area contributed by atoms with Crippen LogP contribution in [0.3, 0.4) is 0 Å². The van der Waals surface area contributed by atoms with E-state index in [1.807, 2.05) is 13.8 Å². The number of hydrazine groups is 1. The smallest absolute Gasteiger partial charge is 0.219 e. The molecule has 0 unspecified atom stereocenters. The molecule has 0 atom stereocenters. The number of anilines is 1. The number of benzene rings is 1. The fraction of sp³-hybridized carbons (Fsp3) is 0.286. The molecule has 0 aliphatic heterocycles. The Morgan fingerprint density at radius 1 is 1.30 bits per heavy atom. The fourth-order valence-corrected chi connectivity index (χ4v) is 1.62. The summed E-state index contributed by atoms with van der Waals surface area (Å²) in [5.74, 6) is 6.64. The molecule has 106 valence electrons. The molecule has 0 radical (unpaired) electrons. The Bertz CT molecular complexity index is 589. The predicted octanol–water partition coefficient (Wildman–Crippen LogP) is 2.60. The largest absolute Gasteiger partial charge is 0.473 e. The molecule has 0 fully saturated rings. The van der Waals surface area contributed by atoms with E-state index in [0.29, 0.717) is 23.1 Å². The van der Waals surface area contributed by atoms with E-state index in [-0.39, 0.29) is 18.3 Å². The van der Waals surface area contributed by atoms with Crippen molar-refractivity contribution in [3.8, 4) is 5.88 Å². The van der Waals surface area contributed by atoms with Gasteiger partial charge in [0, 0.05) is 17.5 Å². The van der Waals surface area contributed by atoms with Gasteiger partial charge >= 0.3 is 0 Å². The summed E-state index contributed by atoms with van der Waals surface area (Å²) in [6.07, 6.45) is 0. The fourth-order valence-electron chi connectivity index (χ4n) is 1.62. The van der Waals surface area contributed by atoms with Crippen LogP contribution in [0, 0.1) is 5.82 Å². The number of ether oxygens (including phenoxy) is 1. The van der Waals surface area contributed by atoms with Crippen LogP contribution in [0.25, 0.3) is 0 Å². The van der Waals surface area contributed by atoms with Crippen LogP contribution in [0.1, 0.15) is 31.2 Å². The van der Waals surface area contributed by atoms with Gasteiger partial charge in [-0.25, -0.2) is 15.2 Å². The molecular weight excluding hydrogens is 259 g/mol. The number of rotatable bonds is 5. The van der Waals surface area contributed by atoms with E-state index in [9.17, 15) is 4.39 Å². The SMILES string of the molecule is CC(C)c1nc(NN)cc(OCc2ccccc2F)n1. The minimum absolute atomic E-state index is 0.102. The van der Waals surface area contributed by atoms with Crippen LogP contribution in [0.15, 0.2) is 30.3 Å². The van der Waals surface area contributed by atoms with Crippen LogP contribution in [0.2, 0.25) is 0 Å². The molecule has 3 N–H and O–H groups in total. The predicted molar refractivity (Wildman–Crippen MR) is 74.7 cm³/mol. The molecule has 6 heteroatoms. The summed E-state index contributed by atoms with van der Waals surface area (Å²) in [4.78, 5) is 8.50. The second-order valence-electron chi connectivity index (χ2n) is 4.63. The molecule has 20 heavy (non-hydrogen) atoms. The molecule has 2 aromatic rings. The van der Waals surface area contributed by atoms with Gasteiger partial charge in [-0.05, 0) is 6.07 Å². The van der Waals surface area contributed by atoms with Gasteiger partial charge in [0.1, 0.15) is 24.1 Å². The van der Waals surface area contributed by atoms with E-state index in [4.69, 9.17) is 10.6 Å². The van der Waals surface area contributed by atoms with Crippen LogP contribution in [-0.2, 0) is 6.61 Å². The summed E-state index contributed by atoms with van der Waals surface area (Å²) in [5.41, 5.74) is 2.94. The lowest BCUT2D eigenvalue weighted by Crippen LogP contribution is -2.12. The number of aromatic nitrogens is 2. The highest BCUT2D eigenvalue weighted by Crippen LogP contribution is 2.19. The summed E-state index contributed by atoms with van der Waals surface area (Å²) < 4.78 is 19.0. The summed E-state index contributed by atoms with van der Waals surface area (Å²) in [6.45, 7) is 4.04. The molecule has 0 spiro atoms. The van der Waals surface area contributed by atoms with Crippen molar-refractivity contribution in [3.05, 3.63) is 47.5 Å². The van der Waals surface area contributed by atoms with Crippen LogP contribution in [0.5, 0.6) is 5.88 Å². The van der Waals surface area contributed by atoms with Crippen LogP contribution in [-0.4, -0.2) is 9.97 Å². The van der Waals surface area contributed by atoms with Crippen molar-refractivity contribution in [3.63, 3.8) is 0 Å². The first kappa shape index (κ1) is 14.2. The highest BCUT2D eigenvalue weighted by atomic mass is 19.1. The van der Waals surface area contributed by atoms with Gasteiger partial charge in [0.15, 0.2) is 0 Å². The van der Waals surface area contributed by atoms with Gasteiger partial charge in [-0.15, -0.1) is 0 Å². The number of nitrogen functional groups attached to an aromatic ring is 1. The Kier molecular flexibility index (Phi) is 4.47. The maximum Gasteiger partial charge on any atom is 0.219 e. The summed E-state index contributed by atoms with van der Waals surface area (Å²) >= 11 is 0. The second-order valence-corrected chi connectivity index (χ2v) is 4.63. The van der Waals surface area contributed by atoms with Crippen molar-refractivity contribution in [2.45, 2.75) is 26.4 Å². The minimum Gasteiger partial charge on any atom is -0.473 e. The first-order valence-electron chi connectivity index (χ1n) is 6.32. The van der Waals surface area contributed by atoms with Crippen molar-refractivity contribution in [2.24, 2.45) is 5.84 Å². The van der Waals surface area contributed by atoms with Crippen LogP contribution in [0.4, 0.5) is 10.2 Å². The zero-order valence-electron chi connectivity index (χ0n) is 11.4. The molecule has 0 aliphatic rings. The van der Waals surface area contributed by atoms with Gasteiger partial charge < -0.3 is 10.2 Å². The van der Waals surface area contributed by atoms with Crippen molar-refractivity contribution in [1.29, 1.82) is 0 Å². The van der Waals surface area contributed by atoms with Gasteiger partial charge in [0.05, 0.1) is 0 Å². The lowest BCUT2D eigenvalue weighted by molar-refractivity contribution is 0.286. The first-order chi connectivity index (χ1) is 9.60. The number of nitrogens with zero attached hydrogens (tertiary/aromatic N) is 2. The van der Waals surface area contributed by atoms with Gasteiger partial charge in [0.25, 0.3) is 0 Å². The van der Waals surface area contributed by atoms with Crippen molar-refractivity contribution >= 4 is 5.82 Å².